The number of piperidine rings is 1. The molecular weight excluding hydrogens is 236 g/mol. The van der Waals surface area contributed by atoms with Crippen LogP contribution in [-0.2, 0) is 11.2 Å². The van der Waals surface area contributed by atoms with Crippen LogP contribution in [0.3, 0.4) is 0 Å². The molecule has 1 amide bonds. The average molecular weight is 258 g/mol. The number of amides is 1. The maximum absolute atomic E-state index is 12.1. The van der Waals surface area contributed by atoms with Gasteiger partial charge < -0.3 is 10.2 Å². The summed E-state index contributed by atoms with van der Waals surface area (Å²) >= 11 is 0. The van der Waals surface area contributed by atoms with Crippen LogP contribution < -0.4 is 5.32 Å². The Morgan fingerprint density at radius 2 is 2.00 bits per heavy atom. The summed E-state index contributed by atoms with van der Waals surface area (Å²) in [5.41, 5.74) is 2.64. The van der Waals surface area contributed by atoms with Gasteiger partial charge in [0.25, 0.3) is 0 Å². The molecule has 0 saturated carbocycles. The van der Waals surface area contributed by atoms with Crippen LogP contribution in [0.1, 0.15) is 37.7 Å². The number of fused-ring (bicyclic) bond motifs is 1. The maximum atomic E-state index is 12.1. The highest BCUT2D eigenvalue weighted by atomic mass is 16.2. The summed E-state index contributed by atoms with van der Waals surface area (Å²) in [6.45, 7) is 1.94. The smallest absolute Gasteiger partial charge is 0.222 e. The maximum Gasteiger partial charge on any atom is 0.222 e. The molecule has 0 radical (unpaired) electrons. The molecule has 0 spiro atoms. The van der Waals surface area contributed by atoms with Gasteiger partial charge in [0.1, 0.15) is 0 Å². The number of rotatable bonds is 3. The number of para-hydroxylation sites is 1. The van der Waals surface area contributed by atoms with Crippen molar-refractivity contribution in [1.82, 2.24) is 4.90 Å². The van der Waals surface area contributed by atoms with E-state index in [-0.39, 0.29) is 0 Å². The molecule has 1 N–H and O–H groups in total. The first-order chi connectivity index (χ1) is 9.33. The van der Waals surface area contributed by atoms with E-state index in [1.54, 1.807) is 0 Å². The van der Waals surface area contributed by atoms with Gasteiger partial charge in [-0.05, 0) is 43.7 Å². The minimum atomic E-state index is 0.345. The Morgan fingerprint density at radius 3 is 2.79 bits per heavy atom. The minimum absolute atomic E-state index is 0.345. The third-order valence-corrected chi connectivity index (χ3v) is 4.26. The number of carbonyl (C=O) groups is 1. The quantitative estimate of drug-likeness (QED) is 0.904. The molecule has 19 heavy (non-hydrogen) atoms. The molecule has 102 valence electrons. The van der Waals surface area contributed by atoms with Gasteiger partial charge in [-0.2, -0.15) is 0 Å². The molecule has 1 aromatic rings. The molecule has 0 aromatic heterocycles. The van der Waals surface area contributed by atoms with Crippen molar-refractivity contribution in [2.45, 2.75) is 44.6 Å². The van der Waals surface area contributed by atoms with Gasteiger partial charge in [0.2, 0.25) is 5.91 Å². The SMILES string of the molecule is O=C(CCC1Cc2ccccc2N1)N1CCCCC1. The molecule has 1 unspecified atom stereocenters. The molecule has 1 saturated heterocycles. The molecule has 2 aliphatic rings. The van der Waals surface area contributed by atoms with Gasteiger partial charge in [-0.3, -0.25) is 4.79 Å². The van der Waals surface area contributed by atoms with Crippen LogP contribution in [0.2, 0.25) is 0 Å². The van der Waals surface area contributed by atoms with Crippen molar-refractivity contribution >= 4 is 11.6 Å². The number of anilines is 1. The fourth-order valence-corrected chi connectivity index (χ4v) is 3.15. The summed E-state index contributed by atoms with van der Waals surface area (Å²) in [6.07, 6.45) is 6.33. The molecule has 0 bridgehead atoms. The van der Waals surface area contributed by atoms with E-state index in [0.717, 1.165) is 25.9 Å². The van der Waals surface area contributed by atoms with Gasteiger partial charge >= 0.3 is 0 Å². The number of nitrogens with one attached hydrogen (secondary N) is 1. The fourth-order valence-electron chi connectivity index (χ4n) is 3.15. The summed E-state index contributed by atoms with van der Waals surface area (Å²) < 4.78 is 0. The van der Waals surface area contributed by atoms with Crippen LogP contribution >= 0.6 is 0 Å². The first-order valence-electron chi connectivity index (χ1n) is 7.45. The second-order valence-electron chi connectivity index (χ2n) is 5.68. The van der Waals surface area contributed by atoms with E-state index in [2.05, 4.69) is 29.6 Å². The lowest BCUT2D eigenvalue weighted by molar-refractivity contribution is -0.132. The molecule has 3 rings (SSSR count). The van der Waals surface area contributed by atoms with Gasteiger partial charge in [-0.15, -0.1) is 0 Å². The highest BCUT2D eigenvalue weighted by Crippen LogP contribution is 2.27. The monoisotopic (exact) mass is 258 g/mol. The van der Waals surface area contributed by atoms with E-state index in [9.17, 15) is 4.79 Å². The minimum Gasteiger partial charge on any atom is -0.382 e. The van der Waals surface area contributed by atoms with Crippen molar-refractivity contribution in [2.24, 2.45) is 0 Å². The van der Waals surface area contributed by atoms with Crippen LogP contribution in [0.15, 0.2) is 24.3 Å². The van der Waals surface area contributed by atoms with E-state index < -0.39 is 0 Å². The van der Waals surface area contributed by atoms with Crippen molar-refractivity contribution < 1.29 is 4.79 Å². The largest absolute Gasteiger partial charge is 0.382 e. The van der Waals surface area contributed by atoms with E-state index in [0.29, 0.717) is 18.4 Å². The lowest BCUT2D eigenvalue weighted by Gasteiger charge is -2.27. The van der Waals surface area contributed by atoms with E-state index in [1.165, 1.54) is 30.5 Å². The van der Waals surface area contributed by atoms with Gasteiger partial charge in [0, 0.05) is 31.2 Å². The highest BCUT2D eigenvalue weighted by molar-refractivity contribution is 5.76. The normalized spacial score (nSPS) is 21.9. The molecule has 1 atom stereocenters. The Labute approximate surface area is 115 Å². The zero-order valence-corrected chi connectivity index (χ0v) is 11.4. The zero-order valence-electron chi connectivity index (χ0n) is 11.4. The molecule has 0 aliphatic carbocycles. The predicted molar refractivity (Wildman–Crippen MR) is 77.2 cm³/mol. The number of nitrogens with zero attached hydrogens (tertiary/aromatic N) is 1. The molecule has 1 aromatic carbocycles. The topological polar surface area (TPSA) is 32.3 Å². The fraction of sp³-hybridized carbons (Fsp3) is 0.562. The van der Waals surface area contributed by atoms with Gasteiger partial charge in [-0.25, -0.2) is 0 Å². The lowest BCUT2D eigenvalue weighted by Crippen LogP contribution is -2.36. The van der Waals surface area contributed by atoms with Crippen LogP contribution in [0.5, 0.6) is 0 Å². The number of likely N-dealkylation sites (tertiary alicyclic amines) is 1. The first kappa shape index (κ1) is 12.5. The van der Waals surface area contributed by atoms with Crippen molar-refractivity contribution in [3.63, 3.8) is 0 Å². The molecule has 3 nitrogen and oxygen atoms in total. The predicted octanol–water partition coefficient (Wildman–Crippen LogP) is 2.82. The lowest BCUT2D eigenvalue weighted by atomic mass is 10.0. The molecule has 2 heterocycles. The molecular formula is C16H22N2O. The highest BCUT2D eigenvalue weighted by Gasteiger charge is 2.22. The van der Waals surface area contributed by atoms with E-state index in [1.807, 2.05) is 4.90 Å². The Hall–Kier alpha value is -1.51. The van der Waals surface area contributed by atoms with Crippen molar-refractivity contribution in [1.29, 1.82) is 0 Å². The summed E-state index contributed by atoms with van der Waals surface area (Å²) in [5, 5.41) is 3.52. The molecule has 1 fully saturated rings. The van der Waals surface area contributed by atoms with Crippen molar-refractivity contribution in [2.75, 3.05) is 18.4 Å². The van der Waals surface area contributed by atoms with Crippen LogP contribution in [-0.4, -0.2) is 29.9 Å². The zero-order chi connectivity index (χ0) is 13.1. The van der Waals surface area contributed by atoms with E-state index in [4.69, 9.17) is 0 Å². The van der Waals surface area contributed by atoms with Gasteiger partial charge in [-0.1, -0.05) is 18.2 Å². The number of benzene rings is 1. The first-order valence-corrected chi connectivity index (χ1v) is 7.45. The van der Waals surface area contributed by atoms with Crippen LogP contribution in [0.25, 0.3) is 0 Å². The standard InChI is InChI=1S/C16H22N2O/c19-16(18-10-4-1-5-11-18)9-8-14-12-13-6-2-3-7-15(13)17-14/h2-3,6-7,14,17H,1,4-5,8-12H2. The second-order valence-corrected chi connectivity index (χ2v) is 5.68. The van der Waals surface area contributed by atoms with Crippen LogP contribution in [0.4, 0.5) is 5.69 Å². The summed E-state index contributed by atoms with van der Waals surface area (Å²) in [7, 11) is 0. The Morgan fingerprint density at radius 1 is 1.21 bits per heavy atom. The van der Waals surface area contributed by atoms with E-state index >= 15 is 0 Å². The Bertz CT molecular complexity index is 427. The van der Waals surface area contributed by atoms with Crippen molar-refractivity contribution in [3.05, 3.63) is 29.8 Å². The Balaban J connectivity index is 1.47. The van der Waals surface area contributed by atoms with Gasteiger partial charge in [0.05, 0.1) is 0 Å². The molecule has 2 aliphatic heterocycles. The Kier molecular flexibility index (Phi) is 3.72. The third-order valence-electron chi connectivity index (χ3n) is 4.26. The third kappa shape index (κ3) is 2.91. The summed E-state index contributed by atoms with van der Waals surface area (Å²) in [5.74, 6) is 0.345. The number of hydrogen-bond acceptors (Lipinski definition) is 2. The van der Waals surface area contributed by atoms with Gasteiger partial charge in [0.15, 0.2) is 0 Å². The molecule has 3 heteroatoms. The van der Waals surface area contributed by atoms with Crippen LogP contribution in [0, 0.1) is 0 Å². The summed E-state index contributed by atoms with van der Waals surface area (Å²) in [6, 6.07) is 8.89. The van der Waals surface area contributed by atoms with Crippen molar-refractivity contribution in [3.8, 4) is 0 Å². The number of carbonyl (C=O) groups excluding carboxylic acids is 1. The summed E-state index contributed by atoms with van der Waals surface area (Å²) in [4.78, 5) is 14.2. The second kappa shape index (κ2) is 5.64. The number of hydrogen-bond donors (Lipinski definition) is 1. The average Bonchev–Trinajstić information content (AvgIpc) is 2.88.